The molecule has 20 heavy (non-hydrogen) atoms. The zero-order valence-electron chi connectivity index (χ0n) is 10.7. The van der Waals surface area contributed by atoms with Crippen molar-refractivity contribution in [3.05, 3.63) is 53.3 Å². The van der Waals surface area contributed by atoms with Crippen molar-refractivity contribution in [3.63, 3.8) is 0 Å². The Morgan fingerprint density at radius 1 is 1.20 bits per heavy atom. The molecule has 1 unspecified atom stereocenters. The van der Waals surface area contributed by atoms with Crippen LogP contribution in [0.1, 0.15) is 29.8 Å². The smallest absolute Gasteiger partial charge is 0.137 e. The predicted molar refractivity (Wildman–Crippen MR) is 94.0 cm³/mol. The lowest BCUT2D eigenvalue weighted by atomic mass is 10.1. The fourth-order valence-corrected chi connectivity index (χ4v) is 4.46. The average Bonchev–Trinajstić information content (AvgIpc) is 2.74. The average molecular weight is 486 g/mol. The highest BCUT2D eigenvalue weighted by atomic mass is 79.9. The zero-order valence-corrected chi connectivity index (χ0v) is 16.3. The highest BCUT2D eigenvalue weighted by Gasteiger charge is 2.18. The van der Waals surface area contributed by atoms with Crippen LogP contribution in [0.3, 0.4) is 0 Å². The molecule has 0 saturated heterocycles. The van der Waals surface area contributed by atoms with Gasteiger partial charge in [-0.15, -0.1) is 11.3 Å². The number of hydrogen-bond donors (Lipinski definition) is 1. The second-order valence-corrected chi connectivity index (χ2v) is 8.44. The van der Waals surface area contributed by atoms with Gasteiger partial charge in [0.1, 0.15) is 5.82 Å². The number of hydrogen-bond acceptors (Lipinski definition) is 2. The van der Waals surface area contributed by atoms with E-state index in [0.717, 1.165) is 26.8 Å². The molecular formula is C14H13Br3FNS. The van der Waals surface area contributed by atoms with Crippen molar-refractivity contribution >= 4 is 59.1 Å². The molecule has 1 heterocycles. The number of rotatable bonds is 5. The van der Waals surface area contributed by atoms with E-state index < -0.39 is 0 Å². The normalized spacial score (nSPS) is 12.7. The molecule has 6 heteroatoms. The maximum absolute atomic E-state index is 13.4. The summed E-state index contributed by atoms with van der Waals surface area (Å²) in [6.07, 6.45) is 1.05. The van der Waals surface area contributed by atoms with Gasteiger partial charge < -0.3 is 5.32 Å². The monoisotopic (exact) mass is 483 g/mol. The summed E-state index contributed by atoms with van der Waals surface area (Å²) in [5.74, 6) is -0.239. The summed E-state index contributed by atoms with van der Waals surface area (Å²) in [6, 6.07) is 7.33. The molecule has 1 N–H and O–H groups in total. The van der Waals surface area contributed by atoms with Gasteiger partial charge in [-0.25, -0.2) is 4.39 Å². The van der Waals surface area contributed by atoms with E-state index in [0.29, 0.717) is 4.47 Å². The third-order valence-corrected chi connectivity index (χ3v) is 6.75. The Bertz CT molecular complexity index is 581. The first kappa shape index (κ1) is 16.6. The zero-order chi connectivity index (χ0) is 14.7. The summed E-state index contributed by atoms with van der Waals surface area (Å²) in [5, 5.41) is 3.51. The van der Waals surface area contributed by atoms with Crippen molar-refractivity contribution in [1.29, 1.82) is 0 Å². The van der Waals surface area contributed by atoms with Crippen molar-refractivity contribution in [2.45, 2.75) is 19.4 Å². The standard InChI is InChI=1S/C14H13Br3FNS/c1-2-5-19-13(12-7-10(16)14(17)20-12)8-3-4-11(18)9(15)6-8/h3-4,6-7,13,19H,2,5H2,1H3. The third kappa shape index (κ3) is 3.91. The second-order valence-electron chi connectivity index (χ2n) is 4.33. The van der Waals surface area contributed by atoms with Crippen LogP contribution in [0.25, 0.3) is 0 Å². The molecule has 0 aliphatic heterocycles. The molecule has 1 nitrogen and oxygen atoms in total. The summed E-state index contributed by atoms with van der Waals surface area (Å²) < 4.78 is 16.0. The van der Waals surface area contributed by atoms with Crippen molar-refractivity contribution in [2.75, 3.05) is 6.54 Å². The van der Waals surface area contributed by atoms with Crippen LogP contribution >= 0.6 is 59.1 Å². The summed E-state index contributed by atoms with van der Waals surface area (Å²) in [4.78, 5) is 1.19. The maximum atomic E-state index is 13.4. The van der Waals surface area contributed by atoms with E-state index in [4.69, 9.17) is 0 Å². The topological polar surface area (TPSA) is 12.0 Å². The molecule has 2 aromatic rings. The van der Waals surface area contributed by atoms with Crippen LogP contribution in [0, 0.1) is 5.82 Å². The first-order valence-corrected chi connectivity index (χ1v) is 9.35. The predicted octanol–water partition coefficient (Wildman–Crippen LogP) is 6.26. The Labute approximate surface area is 147 Å². The summed E-state index contributed by atoms with van der Waals surface area (Å²) in [5.41, 5.74) is 1.05. The summed E-state index contributed by atoms with van der Waals surface area (Å²) >= 11 is 12.0. The Hall–Kier alpha value is 0.250. The van der Waals surface area contributed by atoms with Gasteiger partial charge in [0.25, 0.3) is 0 Å². The molecule has 1 atom stereocenters. The molecule has 0 amide bonds. The second kappa shape index (κ2) is 7.49. The Kier molecular flexibility index (Phi) is 6.23. The van der Waals surface area contributed by atoms with Gasteiger partial charge in [0, 0.05) is 9.35 Å². The lowest BCUT2D eigenvalue weighted by Gasteiger charge is -2.18. The molecular weight excluding hydrogens is 473 g/mol. The van der Waals surface area contributed by atoms with Gasteiger partial charge in [0.2, 0.25) is 0 Å². The molecule has 0 aliphatic carbocycles. The largest absolute Gasteiger partial charge is 0.306 e. The van der Waals surface area contributed by atoms with Gasteiger partial charge in [-0.3, -0.25) is 0 Å². The first-order valence-electron chi connectivity index (χ1n) is 6.16. The Morgan fingerprint density at radius 3 is 2.50 bits per heavy atom. The first-order chi connectivity index (χ1) is 9.52. The lowest BCUT2D eigenvalue weighted by Crippen LogP contribution is -2.22. The van der Waals surface area contributed by atoms with Gasteiger partial charge >= 0.3 is 0 Å². The fourth-order valence-electron chi connectivity index (χ4n) is 1.87. The van der Waals surface area contributed by atoms with Crippen LogP contribution in [-0.4, -0.2) is 6.54 Å². The summed E-state index contributed by atoms with van der Waals surface area (Å²) in [7, 11) is 0. The van der Waals surface area contributed by atoms with Crippen LogP contribution < -0.4 is 5.32 Å². The number of nitrogens with one attached hydrogen (secondary N) is 1. The van der Waals surface area contributed by atoms with E-state index in [2.05, 4.69) is 66.1 Å². The minimum Gasteiger partial charge on any atom is -0.306 e. The van der Waals surface area contributed by atoms with E-state index in [1.807, 2.05) is 12.1 Å². The molecule has 108 valence electrons. The van der Waals surface area contributed by atoms with Gasteiger partial charge in [-0.1, -0.05) is 13.0 Å². The minimum atomic E-state index is -0.239. The van der Waals surface area contributed by atoms with Crippen LogP contribution in [-0.2, 0) is 0 Å². The van der Waals surface area contributed by atoms with Gasteiger partial charge in [0.05, 0.1) is 14.3 Å². The van der Waals surface area contributed by atoms with Crippen LogP contribution in [0.15, 0.2) is 37.0 Å². The highest BCUT2D eigenvalue weighted by molar-refractivity contribution is 9.13. The molecule has 0 spiro atoms. The quantitative estimate of drug-likeness (QED) is 0.526. The van der Waals surface area contributed by atoms with E-state index in [-0.39, 0.29) is 11.9 Å². The number of benzene rings is 1. The van der Waals surface area contributed by atoms with Gasteiger partial charge in [0.15, 0.2) is 0 Å². The van der Waals surface area contributed by atoms with Crippen LogP contribution in [0.4, 0.5) is 4.39 Å². The molecule has 0 bridgehead atoms. The van der Waals surface area contributed by atoms with Crippen molar-refractivity contribution in [2.24, 2.45) is 0 Å². The van der Waals surface area contributed by atoms with Crippen LogP contribution in [0.2, 0.25) is 0 Å². The molecule has 0 saturated carbocycles. The molecule has 2 rings (SSSR count). The van der Waals surface area contributed by atoms with Crippen molar-refractivity contribution in [1.82, 2.24) is 5.32 Å². The number of thiophene rings is 1. The van der Waals surface area contributed by atoms with E-state index >= 15 is 0 Å². The molecule has 0 fully saturated rings. The molecule has 0 radical (unpaired) electrons. The SMILES string of the molecule is CCCNC(c1ccc(F)c(Br)c1)c1cc(Br)c(Br)s1. The van der Waals surface area contributed by atoms with Crippen LogP contribution in [0.5, 0.6) is 0 Å². The van der Waals surface area contributed by atoms with E-state index in [1.54, 1.807) is 11.3 Å². The van der Waals surface area contributed by atoms with E-state index in [1.165, 1.54) is 10.9 Å². The molecule has 1 aromatic carbocycles. The lowest BCUT2D eigenvalue weighted by molar-refractivity contribution is 0.596. The molecule has 1 aromatic heterocycles. The Balaban J connectivity index is 2.38. The van der Waals surface area contributed by atoms with Gasteiger partial charge in [-0.05, 0) is 84.5 Å². The number of halogens is 4. The third-order valence-electron chi connectivity index (χ3n) is 2.82. The summed E-state index contributed by atoms with van der Waals surface area (Å²) in [6.45, 7) is 3.04. The molecule has 0 aliphatic rings. The highest BCUT2D eigenvalue weighted by Crippen LogP contribution is 2.38. The maximum Gasteiger partial charge on any atom is 0.137 e. The minimum absolute atomic E-state index is 0.0689. The van der Waals surface area contributed by atoms with Crippen molar-refractivity contribution in [3.8, 4) is 0 Å². The fraction of sp³-hybridized carbons (Fsp3) is 0.286. The van der Waals surface area contributed by atoms with Crippen molar-refractivity contribution < 1.29 is 4.39 Å². The van der Waals surface area contributed by atoms with E-state index in [9.17, 15) is 4.39 Å². The van der Waals surface area contributed by atoms with Gasteiger partial charge in [-0.2, -0.15) is 0 Å². The Morgan fingerprint density at radius 2 is 1.95 bits per heavy atom.